The number of benzene rings is 1. The van der Waals surface area contributed by atoms with Crippen LogP contribution in [0.3, 0.4) is 0 Å². The van der Waals surface area contributed by atoms with Gasteiger partial charge in [0.15, 0.2) is 0 Å². The summed E-state index contributed by atoms with van der Waals surface area (Å²) >= 11 is 0. The van der Waals surface area contributed by atoms with Crippen molar-refractivity contribution in [3.63, 3.8) is 0 Å². The Balaban J connectivity index is 1.50. The quantitative estimate of drug-likeness (QED) is 0.514. The summed E-state index contributed by atoms with van der Waals surface area (Å²) in [6.45, 7) is 6.18. The number of hydrogen-bond donors (Lipinski definition) is 0. The summed E-state index contributed by atoms with van der Waals surface area (Å²) in [7, 11) is 0.339. The summed E-state index contributed by atoms with van der Waals surface area (Å²) in [5.74, 6) is 0.220. The predicted octanol–water partition coefficient (Wildman–Crippen LogP) is 3.45. The van der Waals surface area contributed by atoms with Crippen molar-refractivity contribution >= 4 is 27.1 Å². The number of rotatable bonds is 7. The molecule has 0 saturated carbocycles. The predicted molar refractivity (Wildman–Crippen MR) is 134 cm³/mol. The lowest BCUT2D eigenvalue weighted by molar-refractivity contribution is 0.0775. The summed E-state index contributed by atoms with van der Waals surface area (Å²) in [5, 5.41) is 4.35. The number of amides is 1. The first-order valence-electron chi connectivity index (χ1n) is 11.8. The first kappa shape index (κ1) is 24.2. The van der Waals surface area contributed by atoms with Gasteiger partial charge in [-0.05, 0) is 74.6 Å². The fourth-order valence-corrected chi connectivity index (χ4v) is 6.06. The van der Waals surface area contributed by atoms with Crippen molar-refractivity contribution in [1.29, 1.82) is 0 Å². The van der Waals surface area contributed by atoms with Crippen LogP contribution in [-0.4, -0.2) is 73.4 Å². The van der Waals surface area contributed by atoms with Gasteiger partial charge in [0.2, 0.25) is 10.0 Å². The number of fused-ring (bicyclic) bond motifs is 1. The SMILES string of the molecule is CCN(CC)C(=O)c1cnn2ccc(C3CCN(S(=O)(=O)c4ccc(N(C)C)cc4)CC3)cc12. The van der Waals surface area contributed by atoms with Gasteiger partial charge in [0.25, 0.3) is 5.91 Å². The van der Waals surface area contributed by atoms with Crippen molar-refractivity contribution < 1.29 is 13.2 Å². The van der Waals surface area contributed by atoms with Gasteiger partial charge in [-0.15, -0.1) is 0 Å². The van der Waals surface area contributed by atoms with E-state index in [2.05, 4.69) is 5.10 Å². The van der Waals surface area contributed by atoms with Crippen LogP contribution in [0.25, 0.3) is 5.52 Å². The molecule has 0 aliphatic carbocycles. The molecule has 0 unspecified atom stereocenters. The van der Waals surface area contributed by atoms with Crippen molar-refractivity contribution in [2.75, 3.05) is 45.2 Å². The smallest absolute Gasteiger partial charge is 0.257 e. The molecule has 1 aliphatic heterocycles. The van der Waals surface area contributed by atoms with E-state index in [0.717, 1.165) is 29.6 Å². The fourth-order valence-electron chi connectivity index (χ4n) is 4.59. The van der Waals surface area contributed by atoms with Crippen LogP contribution in [0.2, 0.25) is 0 Å². The molecule has 1 amide bonds. The molecule has 4 rings (SSSR count). The number of nitrogens with zero attached hydrogens (tertiary/aromatic N) is 5. The van der Waals surface area contributed by atoms with Crippen LogP contribution < -0.4 is 4.90 Å². The average Bonchev–Trinajstić information content (AvgIpc) is 3.28. The Morgan fingerprint density at radius 1 is 1.06 bits per heavy atom. The molecule has 9 heteroatoms. The lowest BCUT2D eigenvalue weighted by atomic mass is 9.90. The van der Waals surface area contributed by atoms with Gasteiger partial charge in [-0.25, -0.2) is 12.9 Å². The fraction of sp³-hybridized carbons (Fsp3) is 0.440. The number of aromatic nitrogens is 2. The van der Waals surface area contributed by atoms with Crippen LogP contribution in [0, 0.1) is 0 Å². The van der Waals surface area contributed by atoms with Gasteiger partial charge in [-0.2, -0.15) is 9.40 Å². The number of carbonyl (C=O) groups is 1. The Kier molecular flexibility index (Phi) is 6.95. The van der Waals surface area contributed by atoms with Crippen molar-refractivity contribution in [2.24, 2.45) is 0 Å². The van der Waals surface area contributed by atoms with Crippen LogP contribution in [0.4, 0.5) is 5.69 Å². The largest absolute Gasteiger partial charge is 0.378 e. The van der Waals surface area contributed by atoms with Crippen LogP contribution >= 0.6 is 0 Å². The van der Waals surface area contributed by atoms with Gasteiger partial charge in [-0.3, -0.25) is 4.79 Å². The maximum absolute atomic E-state index is 13.2. The lowest BCUT2D eigenvalue weighted by Crippen LogP contribution is -2.37. The van der Waals surface area contributed by atoms with Crippen molar-refractivity contribution in [3.8, 4) is 0 Å². The molecule has 1 fully saturated rings. The minimum atomic E-state index is -3.52. The summed E-state index contributed by atoms with van der Waals surface area (Å²) < 4.78 is 29.6. The number of carbonyl (C=O) groups excluding carboxylic acids is 1. The van der Waals surface area contributed by atoms with Gasteiger partial charge >= 0.3 is 0 Å². The molecule has 1 saturated heterocycles. The molecule has 182 valence electrons. The van der Waals surface area contributed by atoms with E-state index in [1.807, 2.05) is 63.3 Å². The maximum atomic E-state index is 13.2. The van der Waals surface area contributed by atoms with Crippen LogP contribution in [0.15, 0.2) is 53.7 Å². The number of piperidine rings is 1. The highest BCUT2D eigenvalue weighted by Crippen LogP contribution is 2.32. The molecule has 0 spiro atoms. The number of anilines is 1. The molecular formula is C25H33N5O3S. The number of sulfonamides is 1. The third kappa shape index (κ3) is 4.54. The first-order valence-corrected chi connectivity index (χ1v) is 13.2. The van der Waals surface area contributed by atoms with Crippen LogP contribution in [0.5, 0.6) is 0 Å². The summed E-state index contributed by atoms with van der Waals surface area (Å²) in [6.07, 6.45) is 4.99. The van der Waals surface area contributed by atoms with Gasteiger partial charge in [0, 0.05) is 52.2 Å². The average molecular weight is 484 g/mol. The highest BCUT2D eigenvalue weighted by Gasteiger charge is 2.30. The van der Waals surface area contributed by atoms with E-state index in [1.54, 1.807) is 32.1 Å². The monoisotopic (exact) mass is 483 g/mol. The van der Waals surface area contributed by atoms with Crippen LogP contribution in [0.1, 0.15) is 48.5 Å². The second-order valence-electron chi connectivity index (χ2n) is 8.89. The number of hydrogen-bond acceptors (Lipinski definition) is 5. The van der Waals surface area contributed by atoms with Crippen molar-refractivity contribution in [2.45, 2.75) is 37.5 Å². The van der Waals surface area contributed by atoms with E-state index in [9.17, 15) is 13.2 Å². The molecular weight excluding hydrogens is 450 g/mol. The van der Waals surface area contributed by atoms with E-state index in [1.165, 1.54) is 0 Å². The highest BCUT2D eigenvalue weighted by atomic mass is 32.2. The summed E-state index contributed by atoms with van der Waals surface area (Å²) in [4.78, 5) is 17.0. The summed E-state index contributed by atoms with van der Waals surface area (Å²) in [5.41, 5.74) is 3.48. The van der Waals surface area contributed by atoms with E-state index >= 15 is 0 Å². The maximum Gasteiger partial charge on any atom is 0.257 e. The molecule has 3 aromatic rings. The molecule has 0 N–H and O–H groups in total. The van der Waals surface area contributed by atoms with Gasteiger partial charge in [0.1, 0.15) is 0 Å². The molecule has 0 bridgehead atoms. The molecule has 3 heterocycles. The molecule has 1 aliphatic rings. The van der Waals surface area contributed by atoms with Gasteiger partial charge in [0.05, 0.1) is 22.2 Å². The van der Waals surface area contributed by atoms with E-state index in [0.29, 0.717) is 36.6 Å². The summed E-state index contributed by atoms with van der Waals surface area (Å²) in [6, 6.07) is 11.1. The van der Waals surface area contributed by atoms with Gasteiger partial charge in [-0.1, -0.05) is 0 Å². The Labute approximate surface area is 201 Å². The molecule has 34 heavy (non-hydrogen) atoms. The van der Waals surface area contributed by atoms with E-state index < -0.39 is 10.0 Å². The normalized spacial score (nSPS) is 15.5. The standard InChI is InChI=1S/C25H33N5O3S/c1-5-28(6-2)25(31)23-18-26-30-16-13-20(17-24(23)30)19-11-14-29(15-12-19)34(32,33)22-9-7-21(8-10-22)27(3)4/h7-10,13,16-19H,5-6,11-12,14-15H2,1-4H3. The Morgan fingerprint density at radius 3 is 2.29 bits per heavy atom. The minimum absolute atomic E-state index is 0.0154. The second kappa shape index (κ2) is 9.76. The van der Waals surface area contributed by atoms with Gasteiger partial charge < -0.3 is 9.80 Å². The van der Waals surface area contributed by atoms with Crippen molar-refractivity contribution in [3.05, 3.63) is 59.9 Å². The third-order valence-corrected chi connectivity index (χ3v) is 8.66. The molecule has 0 radical (unpaired) electrons. The molecule has 0 atom stereocenters. The first-order chi connectivity index (χ1) is 16.3. The Bertz CT molecular complexity index is 1260. The van der Waals surface area contributed by atoms with E-state index in [-0.39, 0.29) is 11.8 Å². The van der Waals surface area contributed by atoms with Crippen molar-refractivity contribution in [1.82, 2.24) is 18.8 Å². The molecule has 8 nitrogen and oxygen atoms in total. The Hall–Kier alpha value is -2.91. The lowest BCUT2D eigenvalue weighted by Gasteiger charge is -2.31. The zero-order valence-corrected chi connectivity index (χ0v) is 21.1. The molecule has 1 aromatic carbocycles. The minimum Gasteiger partial charge on any atom is -0.378 e. The van der Waals surface area contributed by atoms with E-state index in [4.69, 9.17) is 0 Å². The third-order valence-electron chi connectivity index (χ3n) is 6.74. The second-order valence-corrected chi connectivity index (χ2v) is 10.8. The zero-order chi connectivity index (χ0) is 24.5. The highest BCUT2D eigenvalue weighted by molar-refractivity contribution is 7.89. The van der Waals surface area contributed by atoms with Crippen LogP contribution in [-0.2, 0) is 10.0 Å². The number of pyridine rings is 1. The zero-order valence-electron chi connectivity index (χ0n) is 20.3. The molecule has 2 aromatic heterocycles. The topological polar surface area (TPSA) is 78.2 Å². The Morgan fingerprint density at radius 2 is 1.71 bits per heavy atom.